The Kier molecular flexibility index (Phi) is 3.06. The molecule has 1 aromatic carbocycles. The van der Waals surface area contributed by atoms with Crippen LogP contribution in [-0.2, 0) is 4.74 Å². The van der Waals surface area contributed by atoms with Gasteiger partial charge in [-0.15, -0.1) is 0 Å². The fourth-order valence-corrected chi connectivity index (χ4v) is 2.49. The summed E-state index contributed by atoms with van der Waals surface area (Å²) >= 11 is 0. The van der Waals surface area contributed by atoms with Crippen molar-refractivity contribution >= 4 is 5.78 Å². The molecule has 1 saturated heterocycles. The molecule has 0 saturated carbocycles. The molecule has 0 spiro atoms. The Morgan fingerprint density at radius 2 is 1.82 bits per heavy atom. The van der Waals surface area contributed by atoms with Crippen molar-refractivity contribution in [1.82, 2.24) is 0 Å². The molecule has 0 bridgehead atoms. The average Bonchev–Trinajstić information content (AvgIpc) is 2.14. The standard InChI is InChI=1S/C14H19NO2/c1-9-4-10(2)12(11(3)5-9)13(16)14(6-15)7-17-8-14/h4-5H,6-8,15H2,1-3H3. The average molecular weight is 233 g/mol. The van der Waals surface area contributed by atoms with Crippen LogP contribution in [0.4, 0.5) is 0 Å². The number of aryl methyl sites for hydroxylation is 3. The molecule has 0 atom stereocenters. The summed E-state index contributed by atoms with van der Waals surface area (Å²) < 4.78 is 5.17. The molecule has 0 unspecified atom stereocenters. The van der Waals surface area contributed by atoms with Crippen LogP contribution in [0.15, 0.2) is 12.1 Å². The summed E-state index contributed by atoms with van der Waals surface area (Å²) in [6.45, 7) is 7.27. The van der Waals surface area contributed by atoms with Gasteiger partial charge in [0, 0.05) is 12.1 Å². The summed E-state index contributed by atoms with van der Waals surface area (Å²) in [4.78, 5) is 12.6. The third-order valence-corrected chi connectivity index (χ3v) is 3.53. The van der Waals surface area contributed by atoms with Crippen molar-refractivity contribution < 1.29 is 9.53 Å². The third-order valence-electron chi connectivity index (χ3n) is 3.53. The Morgan fingerprint density at radius 1 is 1.29 bits per heavy atom. The van der Waals surface area contributed by atoms with Crippen LogP contribution in [0.5, 0.6) is 0 Å². The zero-order valence-electron chi connectivity index (χ0n) is 10.7. The number of Topliss-reactive ketones (excluding diaryl/α,β-unsaturated/α-hetero) is 1. The van der Waals surface area contributed by atoms with Gasteiger partial charge in [-0.25, -0.2) is 0 Å². The highest BCUT2D eigenvalue weighted by molar-refractivity contribution is 6.03. The molecule has 3 nitrogen and oxygen atoms in total. The molecule has 2 rings (SSSR count). The second kappa shape index (κ2) is 4.24. The summed E-state index contributed by atoms with van der Waals surface area (Å²) in [5, 5.41) is 0. The van der Waals surface area contributed by atoms with E-state index in [4.69, 9.17) is 10.5 Å². The van der Waals surface area contributed by atoms with E-state index in [9.17, 15) is 4.79 Å². The lowest BCUT2D eigenvalue weighted by Gasteiger charge is -2.39. The van der Waals surface area contributed by atoms with E-state index in [-0.39, 0.29) is 5.78 Å². The van der Waals surface area contributed by atoms with Gasteiger partial charge in [-0.05, 0) is 31.9 Å². The zero-order valence-corrected chi connectivity index (χ0v) is 10.7. The van der Waals surface area contributed by atoms with Gasteiger partial charge in [-0.2, -0.15) is 0 Å². The van der Waals surface area contributed by atoms with Crippen LogP contribution in [0.1, 0.15) is 27.0 Å². The molecular formula is C14H19NO2. The van der Waals surface area contributed by atoms with Gasteiger partial charge in [0.2, 0.25) is 0 Å². The number of hydrogen-bond donors (Lipinski definition) is 1. The van der Waals surface area contributed by atoms with Gasteiger partial charge in [0.15, 0.2) is 5.78 Å². The quantitative estimate of drug-likeness (QED) is 0.809. The van der Waals surface area contributed by atoms with E-state index >= 15 is 0 Å². The minimum atomic E-state index is -0.481. The van der Waals surface area contributed by atoms with Crippen molar-refractivity contribution in [3.8, 4) is 0 Å². The zero-order chi connectivity index (χ0) is 12.6. The number of hydrogen-bond acceptors (Lipinski definition) is 3. The van der Waals surface area contributed by atoms with Gasteiger partial charge >= 0.3 is 0 Å². The van der Waals surface area contributed by atoms with E-state index in [1.54, 1.807) is 0 Å². The first-order chi connectivity index (χ1) is 8.00. The second-order valence-electron chi connectivity index (χ2n) is 5.08. The summed E-state index contributed by atoms with van der Waals surface area (Å²) in [5.74, 6) is 0.140. The summed E-state index contributed by atoms with van der Waals surface area (Å²) in [7, 11) is 0. The molecule has 2 N–H and O–H groups in total. The highest BCUT2D eigenvalue weighted by Crippen LogP contribution is 2.33. The normalized spacial score (nSPS) is 17.6. The lowest BCUT2D eigenvalue weighted by molar-refractivity contribution is -0.0816. The SMILES string of the molecule is Cc1cc(C)c(C(=O)C2(CN)COC2)c(C)c1. The molecule has 0 radical (unpaired) electrons. The maximum Gasteiger partial charge on any atom is 0.175 e. The minimum absolute atomic E-state index is 0.140. The van der Waals surface area contributed by atoms with Crippen molar-refractivity contribution in [2.45, 2.75) is 20.8 Å². The Hall–Kier alpha value is -1.19. The van der Waals surface area contributed by atoms with Gasteiger partial charge in [0.05, 0.1) is 18.6 Å². The Bertz CT molecular complexity index is 433. The van der Waals surface area contributed by atoms with Crippen molar-refractivity contribution in [1.29, 1.82) is 0 Å². The summed E-state index contributed by atoms with van der Waals surface area (Å²) in [6, 6.07) is 4.09. The fraction of sp³-hybridized carbons (Fsp3) is 0.500. The van der Waals surface area contributed by atoms with Crippen LogP contribution in [-0.4, -0.2) is 25.5 Å². The van der Waals surface area contributed by atoms with Crippen LogP contribution in [0.2, 0.25) is 0 Å². The van der Waals surface area contributed by atoms with Crippen molar-refractivity contribution in [3.05, 3.63) is 34.4 Å². The molecular weight excluding hydrogens is 214 g/mol. The predicted octanol–water partition coefficient (Wildman–Crippen LogP) is 1.77. The molecule has 1 aromatic rings. The molecule has 92 valence electrons. The highest BCUT2D eigenvalue weighted by Gasteiger charge is 2.45. The van der Waals surface area contributed by atoms with Crippen molar-refractivity contribution in [3.63, 3.8) is 0 Å². The Labute approximate surface area is 102 Å². The predicted molar refractivity (Wildman–Crippen MR) is 67.3 cm³/mol. The monoisotopic (exact) mass is 233 g/mol. The lowest BCUT2D eigenvalue weighted by atomic mass is 9.76. The first kappa shape index (κ1) is 12.3. The van der Waals surface area contributed by atoms with E-state index in [2.05, 4.69) is 0 Å². The topological polar surface area (TPSA) is 52.3 Å². The maximum absolute atomic E-state index is 12.6. The molecule has 1 aliphatic heterocycles. The largest absolute Gasteiger partial charge is 0.379 e. The molecule has 17 heavy (non-hydrogen) atoms. The molecule has 1 heterocycles. The van der Waals surface area contributed by atoms with E-state index in [0.717, 1.165) is 16.7 Å². The number of ketones is 1. The fourth-order valence-electron chi connectivity index (χ4n) is 2.49. The van der Waals surface area contributed by atoms with Gasteiger partial charge in [-0.3, -0.25) is 4.79 Å². The van der Waals surface area contributed by atoms with E-state index in [1.165, 1.54) is 5.56 Å². The first-order valence-corrected chi connectivity index (χ1v) is 5.91. The van der Waals surface area contributed by atoms with Crippen molar-refractivity contribution in [2.24, 2.45) is 11.1 Å². The third kappa shape index (κ3) is 1.90. The van der Waals surface area contributed by atoms with E-state index in [0.29, 0.717) is 19.8 Å². The molecule has 0 amide bonds. The van der Waals surface area contributed by atoms with Gasteiger partial charge < -0.3 is 10.5 Å². The lowest BCUT2D eigenvalue weighted by Crippen LogP contribution is -2.54. The summed E-state index contributed by atoms with van der Waals surface area (Å²) in [6.07, 6.45) is 0. The number of nitrogens with two attached hydrogens (primary N) is 1. The smallest absolute Gasteiger partial charge is 0.175 e. The van der Waals surface area contributed by atoms with E-state index < -0.39 is 5.41 Å². The van der Waals surface area contributed by atoms with E-state index in [1.807, 2.05) is 32.9 Å². The molecule has 1 aliphatic rings. The maximum atomic E-state index is 12.6. The minimum Gasteiger partial charge on any atom is -0.379 e. The highest BCUT2D eigenvalue weighted by atomic mass is 16.5. The van der Waals surface area contributed by atoms with Crippen LogP contribution in [0.3, 0.4) is 0 Å². The Morgan fingerprint density at radius 3 is 2.18 bits per heavy atom. The van der Waals surface area contributed by atoms with Gasteiger partial charge in [0.25, 0.3) is 0 Å². The van der Waals surface area contributed by atoms with Gasteiger partial charge in [-0.1, -0.05) is 17.7 Å². The van der Waals surface area contributed by atoms with Crippen LogP contribution < -0.4 is 5.73 Å². The molecule has 1 fully saturated rings. The Balaban J connectivity index is 2.44. The second-order valence-corrected chi connectivity index (χ2v) is 5.08. The van der Waals surface area contributed by atoms with Crippen molar-refractivity contribution in [2.75, 3.05) is 19.8 Å². The van der Waals surface area contributed by atoms with Crippen LogP contribution in [0, 0.1) is 26.2 Å². The van der Waals surface area contributed by atoms with Gasteiger partial charge in [0.1, 0.15) is 0 Å². The number of rotatable bonds is 3. The molecule has 0 aliphatic carbocycles. The number of benzene rings is 1. The number of carbonyl (C=O) groups is 1. The first-order valence-electron chi connectivity index (χ1n) is 5.91. The summed E-state index contributed by atoms with van der Waals surface area (Å²) in [5.41, 5.74) is 9.33. The number of carbonyl (C=O) groups excluding carboxylic acids is 1. The molecule has 0 aromatic heterocycles. The molecule has 3 heteroatoms. The number of ether oxygens (including phenoxy) is 1. The van der Waals surface area contributed by atoms with Crippen LogP contribution in [0.25, 0.3) is 0 Å². The van der Waals surface area contributed by atoms with Crippen LogP contribution >= 0.6 is 0 Å².